The van der Waals surface area contributed by atoms with Gasteiger partial charge in [0.1, 0.15) is 0 Å². The fourth-order valence-electron chi connectivity index (χ4n) is 2.12. The van der Waals surface area contributed by atoms with Crippen molar-refractivity contribution in [3.05, 3.63) is 35.4 Å². The average molecular weight is 264 g/mol. The van der Waals surface area contributed by atoms with Crippen LogP contribution in [0.15, 0.2) is 24.3 Å². The fourth-order valence-corrected chi connectivity index (χ4v) is 2.12. The van der Waals surface area contributed by atoms with Gasteiger partial charge in [-0.2, -0.15) is 0 Å². The molecule has 0 saturated heterocycles. The number of hydrogen-bond acceptors (Lipinski definition) is 3. The summed E-state index contributed by atoms with van der Waals surface area (Å²) in [7, 11) is 1.75. The van der Waals surface area contributed by atoms with Gasteiger partial charge in [0.15, 0.2) is 0 Å². The molecule has 0 amide bonds. The monoisotopic (exact) mass is 264 g/mol. The second kappa shape index (κ2) is 8.31. The van der Waals surface area contributed by atoms with Crippen LogP contribution in [0.1, 0.15) is 37.4 Å². The molecule has 108 valence electrons. The molecule has 0 fully saturated rings. The van der Waals surface area contributed by atoms with Crippen molar-refractivity contribution >= 4 is 0 Å². The first-order valence-electron chi connectivity index (χ1n) is 7.09. The highest BCUT2D eigenvalue weighted by Gasteiger charge is 2.12. The first-order chi connectivity index (χ1) is 9.04. The molecule has 0 radical (unpaired) electrons. The predicted molar refractivity (Wildman–Crippen MR) is 81.3 cm³/mol. The molecule has 1 rings (SSSR count). The Labute approximate surface area is 117 Å². The molecule has 0 aliphatic heterocycles. The minimum absolute atomic E-state index is 0.115. The van der Waals surface area contributed by atoms with Crippen LogP contribution in [0, 0.1) is 6.92 Å². The van der Waals surface area contributed by atoms with E-state index in [4.69, 9.17) is 10.5 Å². The summed E-state index contributed by atoms with van der Waals surface area (Å²) in [6.45, 7) is 9.28. The topological polar surface area (TPSA) is 38.5 Å². The minimum Gasteiger partial charge on any atom is -0.383 e. The van der Waals surface area contributed by atoms with Crippen molar-refractivity contribution in [2.24, 2.45) is 5.73 Å². The van der Waals surface area contributed by atoms with E-state index in [1.807, 2.05) is 0 Å². The Balaban J connectivity index is 2.46. The number of nitrogens with zero attached hydrogens (tertiary/aromatic N) is 1. The summed E-state index contributed by atoms with van der Waals surface area (Å²) in [5, 5.41) is 0. The summed E-state index contributed by atoms with van der Waals surface area (Å²) >= 11 is 0. The van der Waals surface area contributed by atoms with Gasteiger partial charge in [-0.1, -0.05) is 29.8 Å². The lowest BCUT2D eigenvalue weighted by molar-refractivity contribution is 0.127. The van der Waals surface area contributed by atoms with Crippen LogP contribution in [0.25, 0.3) is 0 Å². The highest BCUT2D eigenvalue weighted by Crippen LogP contribution is 2.15. The molecule has 0 aliphatic rings. The summed E-state index contributed by atoms with van der Waals surface area (Å²) in [4.78, 5) is 2.41. The summed E-state index contributed by atoms with van der Waals surface area (Å²) in [5.41, 5.74) is 8.77. The third kappa shape index (κ3) is 5.72. The average Bonchev–Trinajstić information content (AvgIpc) is 2.39. The second-order valence-corrected chi connectivity index (χ2v) is 5.43. The van der Waals surface area contributed by atoms with Crippen LogP contribution in [0.5, 0.6) is 0 Å². The van der Waals surface area contributed by atoms with Crippen molar-refractivity contribution in [1.82, 2.24) is 4.90 Å². The number of ether oxygens (including phenoxy) is 1. The Hall–Kier alpha value is -0.900. The summed E-state index contributed by atoms with van der Waals surface area (Å²) in [6, 6.07) is 9.16. The Bertz CT molecular complexity index is 348. The van der Waals surface area contributed by atoms with Crippen molar-refractivity contribution in [3.63, 3.8) is 0 Å². The predicted octanol–water partition coefficient (Wildman–Crippen LogP) is 2.74. The summed E-state index contributed by atoms with van der Waals surface area (Å²) in [5.74, 6) is 0. The van der Waals surface area contributed by atoms with E-state index in [1.165, 1.54) is 11.1 Å². The van der Waals surface area contributed by atoms with Gasteiger partial charge in [0.2, 0.25) is 0 Å². The lowest BCUT2D eigenvalue weighted by atomic mass is 10.0. The number of aryl methyl sites for hydroxylation is 1. The molecule has 1 aromatic carbocycles. The Morgan fingerprint density at radius 1 is 1.16 bits per heavy atom. The molecule has 0 aliphatic carbocycles. The molecule has 1 aromatic rings. The number of benzene rings is 1. The first kappa shape index (κ1) is 16.2. The van der Waals surface area contributed by atoms with E-state index >= 15 is 0 Å². The first-order valence-corrected chi connectivity index (χ1v) is 7.09. The van der Waals surface area contributed by atoms with Gasteiger partial charge in [-0.05, 0) is 32.8 Å². The third-order valence-electron chi connectivity index (χ3n) is 3.55. The van der Waals surface area contributed by atoms with Crippen LogP contribution in [0.2, 0.25) is 0 Å². The normalized spacial score (nSPS) is 13.2. The zero-order valence-corrected chi connectivity index (χ0v) is 12.7. The molecule has 3 heteroatoms. The van der Waals surface area contributed by atoms with E-state index in [2.05, 4.69) is 49.9 Å². The zero-order valence-electron chi connectivity index (χ0n) is 12.7. The van der Waals surface area contributed by atoms with Gasteiger partial charge in [0, 0.05) is 32.3 Å². The summed E-state index contributed by atoms with van der Waals surface area (Å²) in [6.07, 6.45) is 0.977. The molecule has 0 saturated carbocycles. The molecule has 0 aromatic heterocycles. The quantitative estimate of drug-likeness (QED) is 0.784. The van der Waals surface area contributed by atoms with Crippen molar-refractivity contribution in [2.75, 3.05) is 26.8 Å². The number of methoxy groups -OCH3 is 1. The van der Waals surface area contributed by atoms with Crippen molar-refractivity contribution in [1.29, 1.82) is 0 Å². The molecular formula is C16H28N2O. The van der Waals surface area contributed by atoms with Gasteiger partial charge >= 0.3 is 0 Å². The third-order valence-corrected chi connectivity index (χ3v) is 3.55. The number of nitrogens with two attached hydrogens (primary N) is 1. The molecule has 0 bridgehead atoms. The maximum atomic E-state index is 6.26. The van der Waals surface area contributed by atoms with Crippen molar-refractivity contribution < 1.29 is 4.74 Å². The van der Waals surface area contributed by atoms with Crippen LogP contribution in [-0.2, 0) is 4.74 Å². The Morgan fingerprint density at radius 3 is 2.32 bits per heavy atom. The van der Waals surface area contributed by atoms with Crippen LogP contribution in [0.3, 0.4) is 0 Å². The Kier molecular flexibility index (Phi) is 7.06. The smallest absolute Gasteiger partial charge is 0.0589 e. The van der Waals surface area contributed by atoms with Gasteiger partial charge in [-0.3, -0.25) is 4.90 Å². The van der Waals surface area contributed by atoms with E-state index in [0.717, 1.165) is 26.1 Å². The largest absolute Gasteiger partial charge is 0.383 e. The zero-order chi connectivity index (χ0) is 14.3. The molecule has 19 heavy (non-hydrogen) atoms. The molecule has 2 N–H and O–H groups in total. The van der Waals surface area contributed by atoms with Gasteiger partial charge < -0.3 is 10.5 Å². The van der Waals surface area contributed by atoms with Crippen molar-refractivity contribution in [2.45, 2.75) is 39.3 Å². The SMILES string of the molecule is COCCN(CCC(N)c1ccc(C)cc1)C(C)C. The minimum atomic E-state index is 0.115. The van der Waals surface area contributed by atoms with E-state index in [-0.39, 0.29) is 6.04 Å². The number of rotatable bonds is 8. The van der Waals surface area contributed by atoms with Crippen molar-refractivity contribution in [3.8, 4) is 0 Å². The van der Waals surface area contributed by atoms with Crippen LogP contribution >= 0.6 is 0 Å². The molecule has 1 atom stereocenters. The van der Waals surface area contributed by atoms with E-state index in [0.29, 0.717) is 6.04 Å². The van der Waals surface area contributed by atoms with Gasteiger partial charge in [0.05, 0.1) is 6.61 Å². The number of hydrogen-bond donors (Lipinski definition) is 1. The lowest BCUT2D eigenvalue weighted by Crippen LogP contribution is -2.36. The molecule has 3 nitrogen and oxygen atoms in total. The van der Waals surface area contributed by atoms with Gasteiger partial charge in [-0.25, -0.2) is 0 Å². The maximum absolute atomic E-state index is 6.26. The van der Waals surface area contributed by atoms with E-state index < -0.39 is 0 Å². The van der Waals surface area contributed by atoms with Crippen LogP contribution in [-0.4, -0.2) is 37.7 Å². The van der Waals surface area contributed by atoms with Crippen LogP contribution in [0.4, 0.5) is 0 Å². The van der Waals surface area contributed by atoms with Gasteiger partial charge in [-0.15, -0.1) is 0 Å². The standard InChI is InChI=1S/C16H28N2O/c1-13(2)18(11-12-19-4)10-9-16(17)15-7-5-14(3)6-8-15/h5-8,13,16H,9-12,17H2,1-4H3. The summed E-state index contributed by atoms with van der Waals surface area (Å²) < 4.78 is 5.15. The maximum Gasteiger partial charge on any atom is 0.0589 e. The molecule has 0 heterocycles. The van der Waals surface area contributed by atoms with Gasteiger partial charge in [0.25, 0.3) is 0 Å². The Morgan fingerprint density at radius 2 is 1.79 bits per heavy atom. The molecule has 0 spiro atoms. The highest BCUT2D eigenvalue weighted by molar-refractivity contribution is 5.23. The molecular weight excluding hydrogens is 236 g/mol. The van der Waals surface area contributed by atoms with E-state index in [1.54, 1.807) is 7.11 Å². The molecule has 1 unspecified atom stereocenters. The lowest BCUT2D eigenvalue weighted by Gasteiger charge is -2.27. The van der Waals surface area contributed by atoms with Crippen LogP contribution < -0.4 is 5.73 Å². The second-order valence-electron chi connectivity index (χ2n) is 5.43. The fraction of sp³-hybridized carbons (Fsp3) is 0.625. The highest BCUT2D eigenvalue weighted by atomic mass is 16.5. The van der Waals surface area contributed by atoms with E-state index in [9.17, 15) is 0 Å².